The summed E-state index contributed by atoms with van der Waals surface area (Å²) in [5.74, 6) is 0.884. The topological polar surface area (TPSA) is 43.1 Å². The second kappa shape index (κ2) is 3.41. The molecule has 4 nitrogen and oxygen atoms in total. The summed E-state index contributed by atoms with van der Waals surface area (Å²) in [7, 11) is 0. The average Bonchev–Trinajstić information content (AvgIpc) is 2.73. The average molecular weight is 210 g/mol. The van der Waals surface area contributed by atoms with Crippen molar-refractivity contribution in [1.29, 1.82) is 0 Å². The van der Waals surface area contributed by atoms with Crippen molar-refractivity contribution in [2.75, 3.05) is 0 Å². The lowest BCUT2D eigenvalue weighted by atomic mass is 10.2. The Morgan fingerprint density at radius 2 is 2.00 bits per heavy atom. The minimum Gasteiger partial charge on any atom is -0.279 e. The van der Waals surface area contributed by atoms with Gasteiger partial charge < -0.3 is 0 Å². The largest absolute Gasteiger partial charge is 0.279 e. The zero-order valence-electron chi connectivity index (χ0n) is 8.83. The van der Waals surface area contributed by atoms with E-state index < -0.39 is 0 Å². The van der Waals surface area contributed by atoms with Crippen molar-refractivity contribution in [3.05, 3.63) is 48.5 Å². The molecule has 0 saturated carbocycles. The lowest BCUT2D eigenvalue weighted by Crippen LogP contribution is -1.94. The van der Waals surface area contributed by atoms with Gasteiger partial charge in [-0.2, -0.15) is 0 Å². The van der Waals surface area contributed by atoms with Crippen LogP contribution < -0.4 is 0 Å². The zero-order valence-corrected chi connectivity index (χ0v) is 8.83. The van der Waals surface area contributed by atoms with Crippen LogP contribution in [0.15, 0.2) is 42.7 Å². The highest BCUT2D eigenvalue weighted by Crippen LogP contribution is 2.19. The van der Waals surface area contributed by atoms with E-state index in [9.17, 15) is 0 Å². The van der Waals surface area contributed by atoms with Crippen molar-refractivity contribution in [3.8, 4) is 11.3 Å². The monoisotopic (exact) mass is 210 g/mol. The first-order valence-corrected chi connectivity index (χ1v) is 5.07. The normalized spacial score (nSPS) is 10.8. The van der Waals surface area contributed by atoms with Crippen molar-refractivity contribution in [1.82, 2.24) is 19.6 Å². The maximum atomic E-state index is 4.13. The summed E-state index contributed by atoms with van der Waals surface area (Å²) < 4.78 is 2.02. The Labute approximate surface area is 92.6 Å². The number of aromatic nitrogens is 4. The van der Waals surface area contributed by atoms with Gasteiger partial charge in [-0.15, -0.1) is 10.2 Å². The Morgan fingerprint density at radius 3 is 2.81 bits per heavy atom. The number of rotatable bonds is 1. The van der Waals surface area contributed by atoms with Gasteiger partial charge in [-0.1, -0.05) is 6.07 Å². The smallest absolute Gasteiger partial charge is 0.161 e. The van der Waals surface area contributed by atoms with Gasteiger partial charge in [0, 0.05) is 18.0 Å². The van der Waals surface area contributed by atoms with Gasteiger partial charge in [-0.25, -0.2) is 0 Å². The fourth-order valence-electron chi connectivity index (χ4n) is 1.82. The highest BCUT2D eigenvalue weighted by atomic mass is 15.2. The van der Waals surface area contributed by atoms with E-state index in [2.05, 4.69) is 15.2 Å². The predicted octanol–water partition coefficient (Wildman–Crippen LogP) is 2.10. The summed E-state index contributed by atoms with van der Waals surface area (Å²) in [4.78, 5) is 4.13. The SMILES string of the molecule is Cc1nnc2cccc(-c3cccnc3)n12. The van der Waals surface area contributed by atoms with E-state index in [4.69, 9.17) is 0 Å². The van der Waals surface area contributed by atoms with Crippen LogP contribution in [-0.4, -0.2) is 19.6 Å². The maximum Gasteiger partial charge on any atom is 0.161 e. The quantitative estimate of drug-likeness (QED) is 0.617. The third kappa shape index (κ3) is 1.27. The summed E-state index contributed by atoms with van der Waals surface area (Å²) >= 11 is 0. The van der Waals surface area contributed by atoms with Gasteiger partial charge in [0.05, 0.1) is 5.69 Å². The van der Waals surface area contributed by atoms with E-state index in [1.54, 1.807) is 6.20 Å². The number of pyridine rings is 2. The van der Waals surface area contributed by atoms with Gasteiger partial charge >= 0.3 is 0 Å². The van der Waals surface area contributed by atoms with Crippen molar-refractivity contribution in [3.63, 3.8) is 0 Å². The van der Waals surface area contributed by atoms with Gasteiger partial charge in [-0.05, 0) is 31.2 Å². The second-order valence-corrected chi connectivity index (χ2v) is 3.59. The Hall–Kier alpha value is -2.23. The standard InChI is InChI=1S/C12H10N4/c1-9-14-15-12-6-2-5-11(16(9)12)10-4-3-7-13-8-10/h2-8H,1H3. The summed E-state index contributed by atoms with van der Waals surface area (Å²) in [5, 5.41) is 8.17. The van der Waals surface area contributed by atoms with Gasteiger partial charge in [0.15, 0.2) is 5.65 Å². The predicted molar refractivity (Wildman–Crippen MR) is 61.0 cm³/mol. The molecule has 3 rings (SSSR count). The molecule has 0 bridgehead atoms. The fourth-order valence-corrected chi connectivity index (χ4v) is 1.82. The van der Waals surface area contributed by atoms with Crippen molar-refractivity contribution in [2.24, 2.45) is 0 Å². The van der Waals surface area contributed by atoms with Crippen LogP contribution >= 0.6 is 0 Å². The maximum absolute atomic E-state index is 4.13. The van der Waals surface area contributed by atoms with E-state index in [1.165, 1.54) is 0 Å². The van der Waals surface area contributed by atoms with Gasteiger partial charge in [-0.3, -0.25) is 9.38 Å². The molecule has 0 aliphatic rings. The van der Waals surface area contributed by atoms with E-state index in [0.717, 1.165) is 22.7 Å². The van der Waals surface area contributed by atoms with Crippen LogP contribution in [0, 0.1) is 6.92 Å². The van der Waals surface area contributed by atoms with Crippen LogP contribution in [0.25, 0.3) is 16.9 Å². The molecule has 78 valence electrons. The van der Waals surface area contributed by atoms with Gasteiger partial charge in [0.1, 0.15) is 5.82 Å². The van der Waals surface area contributed by atoms with E-state index >= 15 is 0 Å². The molecule has 3 heterocycles. The Kier molecular flexibility index (Phi) is 1.93. The second-order valence-electron chi connectivity index (χ2n) is 3.59. The minimum absolute atomic E-state index is 0.860. The molecule has 0 aliphatic carbocycles. The minimum atomic E-state index is 0.860. The van der Waals surface area contributed by atoms with Crippen LogP contribution in [0.2, 0.25) is 0 Å². The lowest BCUT2D eigenvalue weighted by molar-refractivity contribution is 1.01. The van der Waals surface area contributed by atoms with Crippen molar-refractivity contribution < 1.29 is 0 Å². The molecule has 0 aromatic carbocycles. The van der Waals surface area contributed by atoms with Crippen LogP contribution in [0.3, 0.4) is 0 Å². The molecule has 0 N–H and O–H groups in total. The number of hydrogen-bond acceptors (Lipinski definition) is 3. The van der Waals surface area contributed by atoms with Crippen molar-refractivity contribution >= 4 is 5.65 Å². The van der Waals surface area contributed by atoms with E-state index in [0.29, 0.717) is 0 Å². The molecule has 0 spiro atoms. The number of fused-ring (bicyclic) bond motifs is 1. The molecule has 0 aliphatic heterocycles. The van der Waals surface area contributed by atoms with Crippen LogP contribution in [0.4, 0.5) is 0 Å². The van der Waals surface area contributed by atoms with Crippen LogP contribution in [-0.2, 0) is 0 Å². The van der Waals surface area contributed by atoms with E-state index in [1.807, 2.05) is 47.9 Å². The third-order valence-electron chi connectivity index (χ3n) is 2.55. The zero-order chi connectivity index (χ0) is 11.0. The summed E-state index contributed by atoms with van der Waals surface area (Å²) in [6.45, 7) is 1.94. The Bertz CT molecular complexity index is 628. The molecule has 0 radical (unpaired) electrons. The lowest BCUT2D eigenvalue weighted by Gasteiger charge is -2.05. The first kappa shape index (κ1) is 9.03. The van der Waals surface area contributed by atoms with E-state index in [-0.39, 0.29) is 0 Å². The summed E-state index contributed by atoms with van der Waals surface area (Å²) in [6, 6.07) is 9.92. The molecule has 16 heavy (non-hydrogen) atoms. The number of nitrogens with zero attached hydrogens (tertiary/aromatic N) is 4. The summed E-state index contributed by atoms with van der Waals surface area (Å²) in [6.07, 6.45) is 3.61. The first-order chi connectivity index (χ1) is 7.86. The molecule has 0 amide bonds. The highest BCUT2D eigenvalue weighted by Gasteiger charge is 2.06. The molecule has 0 unspecified atom stereocenters. The Morgan fingerprint density at radius 1 is 1.06 bits per heavy atom. The van der Waals surface area contributed by atoms with Gasteiger partial charge in [0.2, 0.25) is 0 Å². The number of hydrogen-bond donors (Lipinski definition) is 0. The molecule has 4 heteroatoms. The van der Waals surface area contributed by atoms with Crippen LogP contribution in [0.5, 0.6) is 0 Å². The molecule has 0 fully saturated rings. The fraction of sp³-hybridized carbons (Fsp3) is 0.0833. The molecular weight excluding hydrogens is 200 g/mol. The number of aryl methyl sites for hydroxylation is 1. The first-order valence-electron chi connectivity index (χ1n) is 5.07. The molecular formula is C12H10N4. The summed E-state index contributed by atoms with van der Waals surface area (Å²) in [5.41, 5.74) is 2.99. The highest BCUT2D eigenvalue weighted by molar-refractivity contribution is 5.62. The van der Waals surface area contributed by atoms with Crippen LogP contribution in [0.1, 0.15) is 5.82 Å². The third-order valence-corrected chi connectivity index (χ3v) is 2.55. The molecule has 0 saturated heterocycles. The molecule has 0 atom stereocenters. The Balaban J connectivity index is 2.36. The molecule has 3 aromatic rings. The van der Waals surface area contributed by atoms with Crippen molar-refractivity contribution in [2.45, 2.75) is 6.92 Å². The van der Waals surface area contributed by atoms with Gasteiger partial charge in [0.25, 0.3) is 0 Å². The molecule has 3 aromatic heterocycles.